The van der Waals surface area contributed by atoms with E-state index in [1.165, 1.54) is 24.6 Å². The standard InChI is InChI=1S/C19H23ClN4OS/c1-23(13-10-11-13)17(25)12-26-19-22-21-18(15-8-4-5-9-16(15)20)24(19)14-6-2-3-7-14/h4-5,8-9,13-14H,2-3,6-7,10-12H2,1H3. The fraction of sp³-hybridized carbons (Fsp3) is 0.526. The summed E-state index contributed by atoms with van der Waals surface area (Å²) in [6, 6.07) is 8.58. The van der Waals surface area contributed by atoms with Crippen molar-refractivity contribution < 1.29 is 4.79 Å². The third kappa shape index (κ3) is 3.62. The molecule has 0 spiro atoms. The molecule has 4 rings (SSSR count). The van der Waals surface area contributed by atoms with Gasteiger partial charge in [-0.15, -0.1) is 10.2 Å². The van der Waals surface area contributed by atoms with E-state index in [1.54, 1.807) is 0 Å². The van der Waals surface area contributed by atoms with Crippen molar-refractivity contribution in [2.24, 2.45) is 0 Å². The number of carbonyl (C=O) groups is 1. The number of benzene rings is 1. The minimum absolute atomic E-state index is 0.165. The largest absolute Gasteiger partial charge is 0.342 e. The Hall–Kier alpha value is -1.53. The molecule has 1 heterocycles. The fourth-order valence-corrected chi connectivity index (χ4v) is 4.74. The average molecular weight is 391 g/mol. The van der Waals surface area contributed by atoms with Gasteiger partial charge in [-0.25, -0.2) is 0 Å². The van der Waals surface area contributed by atoms with E-state index in [0.717, 1.165) is 42.2 Å². The van der Waals surface area contributed by atoms with Crippen LogP contribution in [0, 0.1) is 0 Å². The summed E-state index contributed by atoms with van der Waals surface area (Å²) < 4.78 is 2.21. The Labute approximate surface area is 163 Å². The summed E-state index contributed by atoms with van der Waals surface area (Å²) in [6.45, 7) is 0. The van der Waals surface area contributed by atoms with Gasteiger partial charge < -0.3 is 4.90 Å². The summed E-state index contributed by atoms with van der Waals surface area (Å²) in [4.78, 5) is 14.3. The molecule has 2 aromatic rings. The second-order valence-electron chi connectivity index (χ2n) is 7.12. The maximum absolute atomic E-state index is 12.4. The minimum atomic E-state index is 0.165. The molecule has 1 amide bonds. The lowest BCUT2D eigenvalue weighted by Gasteiger charge is -2.18. The normalized spacial score (nSPS) is 17.6. The summed E-state index contributed by atoms with van der Waals surface area (Å²) in [5.74, 6) is 1.38. The van der Waals surface area contributed by atoms with E-state index >= 15 is 0 Å². The van der Waals surface area contributed by atoms with E-state index < -0.39 is 0 Å². The zero-order valence-corrected chi connectivity index (χ0v) is 16.5. The summed E-state index contributed by atoms with van der Waals surface area (Å²) in [7, 11) is 1.90. The Balaban J connectivity index is 1.60. The van der Waals surface area contributed by atoms with E-state index in [1.807, 2.05) is 36.2 Å². The fourth-order valence-electron chi connectivity index (χ4n) is 3.59. The minimum Gasteiger partial charge on any atom is -0.342 e. The number of amides is 1. The number of rotatable bonds is 6. The first kappa shape index (κ1) is 17.9. The predicted molar refractivity (Wildman–Crippen MR) is 104 cm³/mol. The monoisotopic (exact) mass is 390 g/mol. The van der Waals surface area contributed by atoms with E-state index in [9.17, 15) is 4.79 Å². The van der Waals surface area contributed by atoms with Crippen molar-refractivity contribution in [3.63, 3.8) is 0 Å². The number of halogens is 1. The van der Waals surface area contributed by atoms with E-state index in [0.29, 0.717) is 22.9 Å². The SMILES string of the molecule is CN(C(=O)CSc1nnc(-c2ccccc2Cl)n1C1CCCC1)C1CC1. The first-order valence-corrected chi connectivity index (χ1v) is 10.6. The summed E-state index contributed by atoms with van der Waals surface area (Å²) in [6.07, 6.45) is 6.94. The van der Waals surface area contributed by atoms with Crippen molar-refractivity contribution >= 4 is 29.3 Å². The van der Waals surface area contributed by atoms with Gasteiger partial charge in [0.05, 0.1) is 10.8 Å². The van der Waals surface area contributed by atoms with Crippen LogP contribution in [0.2, 0.25) is 5.02 Å². The number of aromatic nitrogens is 3. The highest BCUT2D eigenvalue weighted by Crippen LogP contribution is 2.38. The highest BCUT2D eigenvalue weighted by molar-refractivity contribution is 7.99. The smallest absolute Gasteiger partial charge is 0.233 e. The number of carbonyl (C=O) groups excluding carboxylic acids is 1. The van der Waals surface area contributed by atoms with Gasteiger partial charge in [-0.3, -0.25) is 9.36 Å². The second-order valence-corrected chi connectivity index (χ2v) is 8.47. The van der Waals surface area contributed by atoms with Crippen LogP contribution in [0.15, 0.2) is 29.4 Å². The summed E-state index contributed by atoms with van der Waals surface area (Å²) >= 11 is 7.90. The van der Waals surface area contributed by atoms with Gasteiger partial charge in [0.2, 0.25) is 5.91 Å². The molecular weight excluding hydrogens is 368 g/mol. The molecule has 2 saturated carbocycles. The zero-order chi connectivity index (χ0) is 18.1. The van der Waals surface area contributed by atoms with Gasteiger partial charge >= 0.3 is 0 Å². The lowest BCUT2D eigenvalue weighted by molar-refractivity contribution is -0.127. The maximum Gasteiger partial charge on any atom is 0.233 e. The van der Waals surface area contributed by atoms with Crippen molar-refractivity contribution in [3.8, 4) is 11.4 Å². The lowest BCUT2D eigenvalue weighted by Crippen LogP contribution is -2.30. The van der Waals surface area contributed by atoms with Gasteiger partial charge in [0, 0.05) is 24.7 Å². The van der Waals surface area contributed by atoms with Crippen LogP contribution >= 0.6 is 23.4 Å². The highest BCUT2D eigenvalue weighted by atomic mass is 35.5. The molecule has 138 valence electrons. The lowest BCUT2D eigenvalue weighted by atomic mass is 10.2. The van der Waals surface area contributed by atoms with Crippen LogP contribution in [-0.2, 0) is 4.79 Å². The van der Waals surface area contributed by atoms with E-state index in [4.69, 9.17) is 11.6 Å². The molecule has 2 aliphatic carbocycles. The van der Waals surface area contributed by atoms with E-state index in [-0.39, 0.29) is 5.91 Å². The van der Waals surface area contributed by atoms with Crippen LogP contribution in [0.4, 0.5) is 0 Å². The maximum atomic E-state index is 12.4. The molecule has 1 aromatic heterocycles. The first-order chi connectivity index (χ1) is 12.6. The molecular formula is C19H23ClN4OS. The van der Waals surface area contributed by atoms with Gasteiger partial charge in [-0.05, 0) is 37.8 Å². The van der Waals surface area contributed by atoms with Crippen molar-refractivity contribution in [3.05, 3.63) is 29.3 Å². The van der Waals surface area contributed by atoms with Crippen LogP contribution < -0.4 is 0 Å². The predicted octanol–water partition coefficient (Wildman–Crippen LogP) is 4.43. The molecule has 2 aliphatic rings. The van der Waals surface area contributed by atoms with Gasteiger partial charge in [-0.1, -0.05) is 48.3 Å². The molecule has 5 nitrogen and oxygen atoms in total. The quantitative estimate of drug-likeness (QED) is 0.685. The first-order valence-electron chi connectivity index (χ1n) is 9.23. The number of thioether (sulfide) groups is 1. The molecule has 7 heteroatoms. The molecule has 0 N–H and O–H groups in total. The summed E-state index contributed by atoms with van der Waals surface area (Å²) in [5, 5.41) is 10.4. The Morgan fingerprint density at radius 3 is 2.65 bits per heavy atom. The Morgan fingerprint density at radius 2 is 1.96 bits per heavy atom. The number of hydrogen-bond acceptors (Lipinski definition) is 4. The van der Waals surface area contributed by atoms with Crippen LogP contribution in [0.3, 0.4) is 0 Å². The van der Waals surface area contributed by atoms with Crippen LogP contribution in [-0.4, -0.2) is 44.4 Å². The third-order valence-electron chi connectivity index (χ3n) is 5.28. The molecule has 2 fully saturated rings. The molecule has 0 radical (unpaired) electrons. The van der Waals surface area contributed by atoms with Crippen LogP contribution in [0.5, 0.6) is 0 Å². The molecule has 1 aromatic carbocycles. The van der Waals surface area contributed by atoms with Gasteiger partial charge in [0.15, 0.2) is 11.0 Å². The number of nitrogens with zero attached hydrogens (tertiary/aromatic N) is 4. The Bertz CT molecular complexity index is 799. The van der Waals surface area contributed by atoms with Crippen molar-refractivity contribution in [1.82, 2.24) is 19.7 Å². The molecule has 26 heavy (non-hydrogen) atoms. The van der Waals surface area contributed by atoms with Crippen LogP contribution in [0.1, 0.15) is 44.6 Å². The summed E-state index contributed by atoms with van der Waals surface area (Å²) in [5.41, 5.74) is 0.904. The molecule has 0 unspecified atom stereocenters. The zero-order valence-electron chi connectivity index (χ0n) is 14.9. The van der Waals surface area contributed by atoms with Crippen molar-refractivity contribution in [2.45, 2.75) is 55.8 Å². The van der Waals surface area contributed by atoms with Gasteiger partial charge in [-0.2, -0.15) is 0 Å². The molecule has 0 aliphatic heterocycles. The Morgan fingerprint density at radius 1 is 1.23 bits per heavy atom. The van der Waals surface area contributed by atoms with Crippen molar-refractivity contribution in [1.29, 1.82) is 0 Å². The van der Waals surface area contributed by atoms with Gasteiger partial charge in [0.25, 0.3) is 0 Å². The van der Waals surface area contributed by atoms with Crippen molar-refractivity contribution in [2.75, 3.05) is 12.8 Å². The second kappa shape index (κ2) is 7.61. The van der Waals surface area contributed by atoms with E-state index in [2.05, 4.69) is 14.8 Å². The van der Waals surface area contributed by atoms with Gasteiger partial charge in [0.1, 0.15) is 0 Å². The molecule has 0 atom stereocenters. The highest BCUT2D eigenvalue weighted by Gasteiger charge is 2.30. The van der Waals surface area contributed by atoms with Crippen LogP contribution in [0.25, 0.3) is 11.4 Å². The molecule has 0 saturated heterocycles. The third-order valence-corrected chi connectivity index (χ3v) is 6.54. The Kier molecular flexibility index (Phi) is 5.23. The topological polar surface area (TPSA) is 51.0 Å². The average Bonchev–Trinajstić information content (AvgIpc) is 3.19. The number of hydrogen-bond donors (Lipinski definition) is 0. The molecule has 0 bridgehead atoms.